The number of aromatic nitrogens is 2. The fourth-order valence-corrected chi connectivity index (χ4v) is 6.29. The Morgan fingerprint density at radius 3 is 2.47 bits per heavy atom. The molecule has 1 aromatic heterocycles. The van der Waals surface area contributed by atoms with Crippen molar-refractivity contribution >= 4 is 17.0 Å². The molecular formula is C29H23FN4O2. The normalized spacial score (nSPS) is 24.4. The summed E-state index contributed by atoms with van der Waals surface area (Å²) in [5.41, 5.74) is 1.20. The second-order valence-electron chi connectivity index (χ2n) is 9.26. The molecule has 0 unspecified atom stereocenters. The molecule has 7 heteroatoms. The number of halogens is 1. The van der Waals surface area contributed by atoms with E-state index >= 15 is 4.39 Å². The monoisotopic (exact) mass is 478 g/mol. The average Bonchev–Trinajstić information content (AvgIpc) is 3.34. The van der Waals surface area contributed by atoms with Crippen LogP contribution in [-0.4, -0.2) is 41.0 Å². The second kappa shape index (κ2) is 7.94. The number of nitrogens with zero attached hydrogens (tertiary/aromatic N) is 4. The number of carbonyl (C=O) groups excluding carboxylic acids is 1. The van der Waals surface area contributed by atoms with Crippen LogP contribution in [0.15, 0.2) is 72.8 Å². The maximum Gasteiger partial charge on any atom is 0.329 e. The van der Waals surface area contributed by atoms with E-state index in [0.29, 0.717) is 28.0 Å². The van der Waals surface area contributed by atoms with E-state index < -0.39 is 28.7 Å². The van der Waals surface area contributed by atoms with Crippen LogP contribution in [0.2, 0.25) is 0 Å². The Kier molecular flexibility index (Phi) is 4.92. The van der Waals surface area contributed by atoms with Crippen molar-refractivity contribution in [3.05, 3.63) is 95.4 Å². The van der Waals surface area contributed by atoms with Crippen LogP contribution in [0.25, 0.3) is 22.3 Å². The van der Waals surface area contributed by atoms with Gasteiger partial charge in [0.25, 0.3) is 0 Å². The first-order valence-corrected chi connectivity index (χ1v) is 11.9. The van der Waals surface area contributed by atoms with Crippen molar-refractivity contribution in [1.82, 2.24) is 14.9 Å². The lowest BCUT2D eigenvalue weighted by molar-refractivity contribution is -0.156. The lowest BCUT2D eigenvalue weighted by atomic mass is 9.61. The maximum absolute atomic E-state index is 15.3. The smallest absolute Gasteiger partial charge is 0.329 e. The molecule has 0 radical (unpaired) electrons. The quantitative estimate of drug-likeness (QED) is 0.394. The third-order valence-electron chi connectivity index (χ3n) is 7.66. The van der Waals surface area contributed by atoms with Gasteiger partial charge in [-0.3, -0.25) is 9.69 Å². The molecule has 4 aromatic rings. The average molecular weight is 479 g/mol. The fraction of sp³-hybridized carbons (Fsp3) is 0.241. The molecule has 0 bridgehead atoms. The standard InChI is InChI=1S/C29H23FN4O2/c1-3-36-27(35)28(17-31)21(18-10-5-7-13-22(18)30)16-34(2)29(28)20-12-6-4-11-19(20)25-26(29)33-24-15-9-8-14-23(24)32-25/h4-15,21H,3,16H2,1-2H3/t21-,28+,29-/m1/s1. The Morgan fingerprint density at radius 2 is 1.75 bits per heavy atom. The minimum Gasteiger partial charge on any atom is -0.465 e. The van der Waals surface area contributed by atoms with Gasteiger partial charge in [0.05, 0.1) is 35.1 Å². The summed E-state index contributed by atoms with van der Waals surface area (Å²) in [6, 6.07) is 23.9. The van der Waals surface area contributed by atoms with Crippen LogP contribution in [0.5, 0.6) is 0 Å². The third-order valence-corrected chi connectivity index (χ3v) is 7.66. The molecule has 3 aromatic carbocycles. The second-order valence-corrected chi connectivity index (χ2v) is 9.26. The molecule has 1 fully saturated rings. The zero-order valence-corrected chi connectivity index (χ0v) is 19.9. The molecule has 6 nitrogen and oxygen atoms in total. The van der Waals surface area contributed by atoms with Crippen molar-refractivity contribution in [3.63, 3.8) is 0 Å². The number of nitriles is 1. The summed E-state index contributed by atoms with van der Waals surface area (Å²) in [7, 11) is 1.86. The van der Waals surface area contributed by atoms with E-state index in [1.165, 1.54) is 6.07 Å². The van der Waals surface area contributed by atoms with Crippen molar-refractivity contribution in [2.75, 3.05) is 20.2 Å². The van der Waals surface area contributed by atoms with E-state index in [1.54, 1.807) is 25.1 Å². The molecule has 2 aliphatic rings. The van der Waals surface area contributed by atoms with E-state index in [9.17, 15) is 10.1 Å². The van der Waals surface area contributed by atoms with Gasteiger partial charge >= 0.3 is 5.97 Å². The lowest BCUT2D eigenvalue weighted by Gasteiger charge is -2.42. The summed E-state index contributed by atoms with van der Waals surface area (Å²) in [5.74, 6) is -1.96. The van der Waals surface area contributed by atoms with Crippen molar-refractivity contribution in [2.45, 2.75) is 18.4 Å². The number of benzene rings is 3. The summed E-state index contributed by atoms with van der Waals surface area (Å²) in [6.45, 7) is 2.04. The van der Waals surface area contributed by atoms with Crippen molar-refractivity contribution in [3.8, 4) is 17.3 Å². The van der Waals surface area contributed by atoms with Gasteiger partial charge in [-0.2, -0.15) is 5.26 Å². The van der Waals surface area contributed by atoms with Crippen LogP contribution in [0.4, 0.5) is 4.39 Å². The molecule has 36 heavy (non-hydrogen) atoms. The predicted octanol–water partition coefficient (Wildman–Crippen LogP) is 4.80. The van der Waals surface area contributed by atoms with Crippen LogP contribution >= 0.6 is 0 Å². The van der Waals surface area contributed by atoms with Gasteiger partial charge in [-0.15, -0.1) is 0 Å². The first-order chi connectivity index (χ1) is 17.5. The highest BCUT2D eigenvalue weighted by Gasteiger charge is 2.74. The summed E-state index contributed by atoms with van der Waals surface area (Å²) in [6.07, 6.45) is 0. The van der Waals surface area contributed by atoms with E-state index in [-0.39, 0.29) is 13.2 Å². The minimum absolute atomic E-state index is 0.0873. The van der Waals surface area contributed by atoms with E-state index in [0.717, 1.165) is 11.1 Å². The Bertz CT molecular complexity index is 1580. The van der Waals surface area contributed by atoms with Crippen molar-refractivity contribution < 1.29 is 13.9 Å². The largest absolute Gasteiger partial charge is 0.465 e. The molecule has 1 aliphatic heterocycles. The molecule has 6 rings (SSSR count). The number of hydrogen-bond acceptors (Lipinski definition) is 6. The van der Waals surface area contributed by atoms with Crippen molar-refractivity contribution in [1.29, 1.82) is 5.26 Å². The summed E-state index contributed by atoms with van der Waals surface area (Å²) < 4.78 is 20.9. The van der Waals surface area contributed by atoms with Gasteiger partial charge in [-0.05, 0) is 43.3 Å². The van der Waals surface area contributed by atoms with Crippen molar-refractivity contribution in [2.24, 2.45) is 5.41 Å². The van der Waals surface area contributed by atoms with Crippen LogP contribution in [0.1, 0.15) is 29.7 Å². The third kappa shape index (κ3) is 2.59. The number of esters is 1. The fourth-order valence-electron chi connectivity index (χ4n) is 6.29. The van der Waals surface area contributed by atoms with Gasteiger partial charge in [0.2, 0.25) is 0 Å². The van der Waals surface area contributed by atoms with Crippen LogP contribution in [-0.2, 0) is 15.1 Å². The first-order valence-electron chi connectivity index (χ1n) is 11.9. The predicted molar refractivity (Wildman–Crippen MR) is 132 cm³/mol. The van der Waals surface area contributed by atoms with Gasteiger partial charge in [-0.25, -0.2) is 14.4 Å². The topological polar surface area (TPSA) is 79.1 Å². The summed E-state index contributed by atoms with van der Waals surface area (Å²) in [5, 5.41) is 11.0. The zero-order chi connectivity index (χ0) is 25.1. The van der Waals surface area contributed by atoms with Gasteiger partial charge in [0.1, 0.15) is 11.4 Å². The molecule has 1 saturated heterocycles. The minimum atomic E-state index is -1.82. The van der Waals surface area contributed by atoms with Gasteiger partial charge in [0.15, 0.2) is 5.41 Å². The number of para-hydroxylation sites is 2. The molecule has 1 aliphatic carbocycles. The molecule has 178 valence electrons. The Balaban J connectivity index is 1.77. The molecule has 0 amide bonds. The number of fused-ring (bicyclic) bond motifs is 6. The number of likely N-dealkylation sites (tertiary alicyclic amines) is 1. The Labute approximate surface area is 208 Å². The highest BCUT2D eigenvalue weighted by molar-refractivity contribution is 5.92. The molecule has 3 atom stereocenters. The maximum atomic E-state index is 15.3. The molecule has 1 spiro atoms. The highest BCUT2D eigenvalue weighted by atomic mass is 19.1. The Hall–Kier alpha value is -4.15. The van der Waals surface area contributed by atoms with Gasteiger partial charge < -0.3 is 4.74 Å². The van der Waals surface area contributed by atoms with Crippen LogP contribution in [0, 0.1) is 22.6 Å². The summed E-state index contributed by atoms with van der Waals surface area (Å²) >= 11 is 0. The first kappa shape index (κ1) is 22.3. The molecule has 0 saturated carbocycles. The number of rotatable bonds is 3. The van der Waals surface area contributed by atoms with E-state index in [2.05, 4.69) is 6.07 Å². The SMILES string of the molecule is CCOC(=O)[C@]1(C#N)[C@@H](c2ccccc2F)CN(C)[C@@]12c1ccccc1-c1nc3ccccc3nc12. The zero-order valence-electron chi connectivity index (χ0n) is 19.9. The number of carbonyl (C=O) groups is 1. The Morgan fingerprint density at radius 1 is 1.08 bits per heavy atom. The number of hydrogen-bond donors (Lipinski definition) is 0. The van der Waals surface area contributed by atoms with Gasteiger partial charge in [-0.1, -0.05) is 54.6 Å². The number of likely N-dealkylation sites (N-methyl/N-ethyl adjacent to an activating group) is 1. The lowest BCUT2D eigenvalue weighted by Crippen LogP contribution is -2.55. The van der Waals surface area contributed by atoms with Gasteiger partial charge in [0, 0.05) is 18.0 Å². The summed E-state index contributed by atoms with van der Waals surface area (Å²) in [4.78, 5) is 26.0. The van der Waals surface area contributed by atoms with Crippen LogP contribution in [0.3, 0.4) is 0 Å². The number of ether oxygens (including phenoxy) is 1. The van der Waals surface area contributed by atoms with Crippen LogP contribution < -0.4 is 0 Å². The van der Waals surface area contributed by atoms with E-state index in [4.69, 9.17) is 14.7 Å². The molecule has 0 N–H and O–H groups in total. The molecule has 2 heterocycles. The van der Waals surface area contributed by atoms with E-state index in [1.807, 2.05) is 60.5 Å². The highest BCUT2D eigenvalue weighted by Crippen LogP contribution is 2.66. The molecular weight excluding hydrogens is 455 g/mol.